The van der Waals surface area contributed by atoms with Gasteiger partial charge < -0.3 is 4.74 Å². The summed E-state index contributed by atoms with van der Waals surface area (Å²) >= 11 is 0. The molecule has 0 aromatic carbocycles. The van der Waals surface area contributed by atoms with E-state index in [2.05, 4.69) is 16.9 Å². The minimum Gasteiger partial charge on any atom is -0.462 e. The van der Waals surface area contributed by atoms with Crippen molar-refractivity contribution in [2.45, 2.75) is 45.5 Å². The van der Waals surface area contributed by atoms with E-state index in [1.54, 1.807) is 6.92 Å². The summed E-state index contributed by atoms with van der Waals surface area (Å²) in [6.45, 7) is 3.87. The van der Waals surface area contributed by atoms with Gasteiger partial charge in [0.25, 0.3) is 6.43 Å². The van der Waals surface area contributed by atoms with E-state index in [1.165, 1.54) is 6.20 Å². The van der Waals surface area contributed by atoms with Gasteiger partial charge in [0, 0.05) is 12.1 Å². The van der Waals surface area contributed by atoms with E-state index in [-0.39, 0.29) is 18.1 Å². The number of carbonyl (C=O) groups is 1. The Hall–Kier alpha value is -1.59. The number of aromatic nitrogens is 2. The summed E-state index contributed by atoms with van der Waals surface area (Å²) in [5.74, 6) is 0.286. The number of hydrogen-bond acceptors (Lipinski definition) is 4. The first-order valence-electron chi connectivity index (χ1n) is 6.85. The molecule has 1 aromatic heterocycles. The molecule has 1 aromatic rings. The van der Waals surface area contributed by atoms with E-state index in [4.69, 9.17) is 4.74 Å². The topological polar surface area (TPSA) is 52.1 Å². The number of alkyl halides is 2. The standard InChI is InChI=1S/C14H18F2N2O2/c1-3-20-14(19)10-7-17-13(18-11(10)12(15)16)9-5-4-8(2)6-9/h7-9,12H,3-6H2,1-2H3. The second-order valence-electron chi connectivity index (χ2n) is 5.16. The SMILES string of the molecule is CCOC(=O)c1cnc(C2CCC(C)C2)nc1C(F)F. The van der Waals surface area contributed by atoms with Gasteiger partial charge in [-0.25, -0.2) is 23.5 Å². The highest BCUT2D eigenvalue weighted by molar-refractivity contribution is 5.90. The Morgan fingerprint density at radius 2 is 2.25 bits per heavy atom. The van der Waals surface area contributed by atoms with Gasteiger partial charge in [0.1, 0.15) is 17.1 Å². The molecule has 0 N–H and O–H groups in total. The average molecular weight is 284 g/mol. The van der Waals surface area contributed by atoms with Crippen LogP contribution in [0.3, 0.4) is 0 Å². The van der Waals surface area contributed by atoms with Gasteiger partial charge in [-0.1, -0.05) is 6.92 Å². The minimum absolute atomic E-state index is 0.110. The Morgan fingerprint density at radius 3 is 2.80 bits per heavy atom. The van der Waals surface area contributed by atoms with Crippen molar-refractivity contribution in [2.75, 3.05) is 6.61 Å². The first-order valence-corrected chi connectivity index (χ1v) is 6.85. The second kappa shape index (κ2) is 6.24. The van der Waals surface area contributed by atoms with Crippen LogP contribution in [0.1, 0.15) is 67.3 Å². The maximum Gasteiger partial charge on any atom is 0.341 e. The molecule has 6 heteroatoms. The van der Waals surface area contributed by atoms with E-state index < -0.39 is 18.1 Å². The molecule has 1 fully saturated rings. The first-order chi connectivity index (χ1) is 9.52. The third-order valence-corrected chi connectivity index (χ3v) is 3.60. The zero-order valence-electron chi connectivity index (χ0n) is 11.6. The lowest BCUT2D eigenvalue weighted by atomic mass is 10.1. The molecule has 2 rings (SSSR count). The molecule has 110 valence electrons. The largest absolute Gasteiger partial charge is 0.462 e. The molecule has 2 atom stereocenters. The summed E-state index contributed by atoms with van der Waals surface area (Å²) in [5, 5.41) is 0. The molecular formula is C14H18F2N2O2. The van der Waals surface area contributed by atoms with Crippen molar-refractivity contribution >= 4 is 5.97 Å². The maximum absolute atomic E-state index is 13.1. The minimum atomic E-state index is -2.81. The zero-order chi connectivity index (χ0) is 14.7. The van der Waals surface area contributed by atoms with Crippen LogP contribution in [-0.4, -0.2) is 22.5 Å². The summed E-state index contributed by atoms with van der Waals surface area (Å²) in [6.07, 6.45) is 1.22. The monoisotopic (exact) mass is 284 g/mol. The lowest BCUT2D eigenvalue weighted by Crippen LogP contribution is -2.14. The van der Waals surface area contributed by atoms with Crippen LogP contribution in [0, 0.1) is 5.92 Å². The smallest absolute Gasteiger partial charge is 0.341 e. The Kier molecular flexibility index (Phi) is 4.62. The number of carbonyl (C=O) groups excluding carboxylic acids is 1. The van der Waals surface area contributed by atoms with Crippen LogP contribution in [0.5, 0.6) is 0 Å². The zero-order valence-corrected chi connectivity index (χ0v) is 11.6. The Bertz CT molecular complexity index is 494. The fourth-order valence-corrected chi connectivity index (χ4v) is 2.58. The molecule has 0 aliphatic heterocycles. The number of hydrogen-bond donors (Lipinski definition) is 0. The molecule has 1 aliphatic rings. The summed E-state index contributed by atoms with van der Waals surface area (Å²) in [5.41, 5.74) is -0.760. The lowest BCUT2D eigenvalue weighted by Gasteiger charge is -2.12. The van der Waals surface area contributed by atoms with Crippen LogP contribution in [0.15, 0.2) is 6.20 Å². The van der Waals surface area contributed by atoms with Gasteiger partial charge in [-0.3, -0.25) is 0 Å². The number of ether oxygens (including phenoxy) is 1. The third kappa shape index (κ3) is 3.11. The van der Waals surface area contributed by atoms with Crippen LogP contribution in [0.4, 0.5) is 8.78 Å². The van der Waals surface area contributed by atoms with Crippen LogP contribution in [0.25, 0.3) is 0 Å². The van der Waals surface area contributed by atoms with E-state index in [1.807, 2.05) is 0 Å². The predicted octanol–water partition coefficient (Wildman–Crippen LogP) is 3.49. The van der Waals surface area contributed by atoms with Gasteiger partial charge in [-0.05, 0) is 32.1 Å². The van der Waals surface area contributed by atoms with Crippen LogP contribution < -0.4 is 0 Å². The van der Waals surface area contributed by atoms with Gasteiger partial charge in [-0.2, -0.15) is 0 Å². The van der Waals surface area contributed by atoms with E-state index >= 15 is 0 Å². The summed E-state index contributed by atoms with van der Waals surface area (Å²) in [6, 6.07) is 0. The molecule has 0 bridgehead atoms. The molecule has 1 heterocycles. The van der Waals surface area contributed by atoms with Crippen molar-refractivity contribution < 1.29 is 18.3 Å². The molecule has 1 saturated carbocycles. The summed E-state index contributed by atoms with van der Waals surface area (Å²) in [4.78, 5) is 19.6. The lowest BCUT2D eigenvalue weighted by molar-refractivity contribution is 0.0512. The van der Waals surface area contributed by atoms with Crippen LogP contribution in [0.2, 0.25) is 0 Å². The molecule has 1 aliphatic carbocycles. The molecule has 0 saturated heterocycles. The van der Waals surface area contributed by atoms with Crippen LogP contribution in [-0.2, 0) is 4.74 Å². The highest BCUT2D eigenvalue weighted by atomic mass is 19.3. The first kappa shape index (κ1) is 14.8. The Balaban J connectivity index is 2.30. The molecule has 0 amide bonds. The van der Waals surface area contributed by atoms with Crippen LogP contribution >= 0.6 is 0 Å². The molecule has 20 heavy (non-hydrogen) atoms. The molecule has 4 nitrogen and oxygen atoms in total. The van der Waals surface area contributed by atoms with Gasteiger partial charge >= 0.3 is 5.97 Å². The Labute approximate surface area is 116 Å². The summed E-state index contributed by atoms with van der Waals surface area (Å²) in [7, 11) is 0. The molecular weight excluding hydrogens is 266 g/mol. The van der Waals surface area contributed by atoms with Gasteiger partial charge in [0.15, 0.2) is 0 Å². The van der Waals surface area contributed by atoms with Gasteiger partial charge in [0.2, 0.25) is 0 Å². The average Bonchev–Trinajstić information content (AvgIpc) is 2.85. The molecule has 0 radical (unpaired) electrons. The van der Waals surface area contributed by atoms with Crippen molar-refractivity contribution in [2.24, 2.45) is 5.92 Å². The van der Waals surface area contributed by atoms with E-state index in [0.29, 0.717) is 11.7 Å². The van der Waals surface area contributed by atoms with Gasteiger partial charge in [-0.15, -0.1) is 0 Å². The second-order valence-corrected chi connectivity index (χ2v) is 5.16. The highest BCUT2D eigenvalue weighted by Crippen LogP contribution is 2.37. The van der Waals surface area contributed by atoms with Crippen molar-refractivity contribution in [3.8, 4) is 0 Å². The third-order valence-electron chi connectivity index (χ3n) is 3.60. The number of esters is 1. The maximum atomic E-state index is 13.1. The van der Waals surface area contributed by atoms with Crippen molar-refractivity contribution in [1.82, 2.24) is 9.97 Å². The molecule has 2 unspecified atom stereocenters. The predicted molar refractivity (Wildman–Crippen MR) is 68.7 cm³/mol. The van der Waals surface area contributed by atoms with E-state index in [0.717, 1.165) is 19.3 Å². The summed E-state index contributed by atoms with van der Waals surface area (Å²) < 4.78 is 30.9. The highest BCUT2D eigenvalue weighted by Gasteiger charge is 2.28. The van der Waals surface area contributed by atoms with E-state index in [9.17, 15) is 13.6 Å². The van der Waals surface area contributed by atoms with Crippen molar-refractivity contribution in [3.05, 3.63) is 23.3 Å². The quantitative estimate of drug-likeness (QED) is 0.794. The normalized spacial score (nSPS) is 22.2. The molecule has 0 spiro atoms. The number of rotatable bonds is 4. The Morgan fingerprint density at radius 1 is 1.50 bits per heavy atom. The van der Waals surface area contributed by atoms with Crippen molar-refractivity contribution in [1.29, 1.82) is 0 Å². The van der Waals surface area contributed by atoms with Gasteiger partial charge in [0.05, 0.1) is 6.61 Å². The van der Waals surface area contributed by atoms with Crippen molar-refractivity contribution in [3.63, 3.8) is 0 Å². The fraction of sp³-hybridized carbons (Fsp3) is 0.643. The number of nitrogens with zero attached hydrogens (tertiary/aromatic N) is 2. The fourth-order valence-electron chi connectivity index (χ4n) is 2.58. The number of halogens is 2.